The zero-order chi connectivity index (χ0) is 17.0. The van der Waals surface area contributed by atoms with Gasteiger partial charge in [0.15, 0.2) is 11.5 Å². The molecule has 0 saturated carbocycles. The number of rotatable bonds is 6. The lowest BCUT2D eigenvalue weighted by Gasteiger charge is -2.10. The number of methoxy groups -OCH3 is 2. The molecule has 0 atom stereocenters. The van der Waals surface area contributed by atoms with E-state index in [1.807, 2.05) is 0 Å². The first-order valence-corrected chi connectivity index (χ1v) is 6.56. The van der Waals surface area contributed by atoms with Crippen LogP contribution in [0.15, 0.2) is 23.3 Å². The van der Waals surface area contributed by atoms with Gasteiger partial charge in [0.2, 0.25) is 5.91 Å². The SMILES string of the molecule is COc1cc2ncn(CC(=O)NCC(=O)O)c(=O)c2cc1OC. The predicted octanol–water partition coefficient (Wildman–Crippen LogP) is -0.385. The molecule has 1 amide bonds. The molecule has 0 aliphatic rings. The van der Waals surface area contributed by atoms with Crippen molar-refractivity contribution in [1.82, 2.24) is 14.9 Å². The number of carbonyl (C=O) groups excluding carboxylic acids is 1. The van der Waals surface area contributed by atoms with Gasteiger partial charge in [-0.25, -0.2) is 4.98 Å². The van der Waals surface area contributed by atoms with Crippen molar-refractivity contribution in [3.63, 3.8) is 0 Å². The Hall–Kier alpha value is -3.10. The largest absolute Gasteiger partial charge is 0.493 e. The minimum Gasteiger partial charge on any atom is -0.493 e. The zero-order valence-corrected chi connectivity index (χ0v) is 12.5. The third kappa shape index (κ3) is 3.57. The Morgan fingerprint density at radius 3 is 2.52 bits per heavy atom. The van der Waals surface area contributed by atoms with Crippen LogP contribution in [0.4, 0.5) is 0 Å². The number of aliphatic carboxylic acids is 1. The Bertz CT molecular complexity index is 814. The van der Waals surface area contributed by atoms with Gasteiger partial charge in [0.1, 0.15) is 13.1 Å². The zero-order valence-electron chi connectivity index (χ0n) is 12.5. The van der Waals surface area contributed by atoms with Gasteiger partial charge < -0.3 is 19.9 Å². The van der Waals surface area contributed by atoms with E-state index in [1.165, 1.54) is 26.6 Å². The molecular formula is C14H15N3O6. The molecule has 0 aliphatic carbocycles. The van der Waals surface area contributed by atoms with Crippen molar-refractivity contribution >= 4 is 22.8 Å². The van der Waals surface area contributed by atoms with Crippen LogP contribution in [0.3, 0.4) is 0 Å². The molecule has 0 bridgehead atoms. The summed E-state index contributed by atoms with van der Waals surface area (Å²) in [6.07, 6.45) is 1.22. The number of ether oxygens (including phenoxy) is 2. The summed E-state index contributed by atoms with van der Waals surface area (Å²) in [5, 5.41) is 10.9. The summed E-state index contributed by atoms with van der Waals surface area (Å²) in [4.78, 5) is 38.5. The second kappa shape index (κ2) is 6.77. The molecule has 0 saturated heterocycles. The maximum absolute atomic E-state index is 12.4. The maximum atomic E-state index is 12.4. The van der Waals surface area contributed by atoms with Crippen molar-refractivity contribution in [2.24, 2.45) is 0 Å². The third-order valence-corrected chi connectivity index (χ3v) is 3.08. The van der Waals surface area contributed by atoms with Crippen LogP contribution >= 0.6 is 0 Å². The first-order chi connectivity index (χ1) is 11.0. The summed E-state index contributed by atoms with van der Waals surface area (Å²) in [5.41, 5.74) is -0.0451. The van der Waals surface area contributed by atoms with E-state index in [0.717, 1.165) is 4.57 Å². The highest BCUT2D eigenvalue weighted by atomic mass is 16.5. The van der Waals surface area contributed by atoms with Gasteiger partial charge in [-0.2, -0.15) is 0 Å². The van der Waals surface area contributed by atoms with Crippen LogP contribution in [0.1, 0.15) is 0 Å². The van der Waals surface area contributed by atoms with E-state index < -0.39 is 24.0 Å². The number of aromatic nitrogens is 2. The van der Waals surface area contributed by atoms with Gasteiger partial charge >= 0.3 is 5.97 Å². The number of nitrogens with one attached hydrogen (secondary N) is 1. The summed E-state index contributed by atoms with van der Waals surface area (Å²) in [6.45, 7) is -0.844. The van der Waals surface area contributed by atoms with Crippen molar-refractivity contribution < 1.29 is 24.2 Å². The molecule has 0 radical (unpaired) electrons. The van der Waals surface area contributed by atoms with Crippen LogP contribution in [0.2, 0.25) is 0 Å². The van der Waals surface area contributed by atoms with E-state index in [0.29, 0.717) is 17.0 Å². The molecule has 122 valence electrons. The smallest absolute Gasteiger partial charge is 0.322 e. The van der Waals surface area contributed by atoms with Gasteiger partial charge in [0.25, 0.3) is 5.56 Å². The molecule has 23 heavy (non-hydrogen) atoms. The average molecular weight is 321 g/mol. The van der Waals surface area contributed by atoms with Gasteiger partial charge in [-0.1, -0.05) is 0 Å². The van der Waals surface area contributed by atoms with E-state index in [-0.39, 0.29) is 11.9 Å². The van der Waals surface area contributed by atoms with E-state index in [9.17, 15) is 14.4 Å². The number of benzene rings is 1. The summed E-state index contributed by atoms with van der Waals surface area (Å²) in [6, 6.07) is 3.04. The van der Waals surface area contributed by atoms with Crippen molar-refractivity contribution in [2.45, 2.75) is 6.54 Å². The normalized spacial score (nSPS) is 10.3. The Labute approximate surface area is 130 Å². The summed E-state index contributed by atoms with van der Waals surface area (Å²) in [7, 11) is 2.91. The number of hydrogen-bond acceptors (Lipinski definition) is 6. The lowest BCUT2D eigenvalue weighted by molar-refractivity contribution is -0.138. The quantitative estimate of drug-likeness (QED) is 0.743. The standard InChI is InChI=1S/C14H15N3O6/c1-22-10-3-8-9(4-11(10)23-2)16-7-17(14(8)21)6-12(18)15-5-13(19)20/h3-4,7H,5-6H2,1-2H3,(H,15,18)(H,19,20). The fraction of sp³-hybridized carbons (Fsp3) is 0.286. The Morgan fingerprint density at radius 1 is 1.26 bits per heavy atom. The van der Waals surface area contributed by atoms with E-state index in [4.69, 9.17) is 14.6 Å². The lowest BCUT2D eigenvalue weighted by atomic mass is 10.2. The van der Waals surface area contributed by atoms with Gasteiger partial charge in [0.05, 0.1) is 31.4 Å². The Morgan fingerprint density at radius 2 is 1.91 bits per heavy atom. The second-order valence-electron chi connectivity index (χ2n) is 4.57. The first kappa shape index (κ1) is 16.3. The highest BCUT2D eigenvalue weighted by molar-refractivity contribution is 5.83. The van der Waals surface area contributed by atoms with Crippen LogP contribution in [0, 0.1) is 0 Å². The number of carboxylic acids is 1. The Kier molecular flexibility index (Phi) is 4.79. The number of fused-ring (bicyclic) bond motifs is 1. The molecular weight excluding hydrogens is 306 g/mol. The Balaban J connectivity index is 2.36. The van der Waals surface area contributed by atoms with Crippen LogP contribution in [0.25, 0.3) is 10.9 Å². The topological polar surface area (TPSA) is 120 Å². The molecule has 1 aromatic heterocycles. The molecule has 9 nitrogen and oxygen atoms in total. The summed E-state index contributed by atoms with van der Waals surface area (Å²) >= 11 is 0. The molecule has 0 spiro atoms. The van der Waals surface area contributed by atoms with E-state index in [2.05, 4.69) is 10.3 Å². The molecule has 1 heterocycles. The van der Waals surface area contributed by atoms with Gasteiger partial charge in [-0.15, -0.1) is 0 Å². The minimum absolute atomic E-state index is 0.260. The summed E-state index contributed by atoms with van der Waals surface area (Å²) in [5.74, 6) is -0.967. The number of carbonyl (C=O) groups is 2. The van der Waals surface area contributed by atoms with Crippen molar-refractivity contribution in [1.29, 1.82) is 0 Å². The highest BCUT2D eigenvalue weighted by Gasteiger charge is 2.13. The molecule has 1 aromatic carbocycles. The minimum atomic E-state index is -1.17. The van der Waals surface area contributed by atoms with E-state index >= 15 is 0 Å². The average Bonchev–Trinajstić information content (AvgIpc) is 2.54. The van der Waals surface area contributed by atoms with Crippen LogP contribution in [-0.4, -0.2) is 47.3 Å². The fourth-order valence-electron chi connectivity index (χ4n) is 1.98. The van der Waals surface area contributed by atoms with Crippen LogP contribution in [0.5, 0.6) is 11.5 Å². The second-order valence-corrected chi connectivity index (χ2v) is 4.57. The first-order valence-electron chi connectivity index (χ1n) is 6.56. The summed E-state index contributed by atoms with van der Waals surface area (Å²) < 4.78 is 11.4. The molecule has 0 fully saturated rings. The number of carboxylic acid groups (broad SMARTS) is 1. The third-order valence-electron chi connectivity index (χ3n) is 3.08. The number of hydrogen-bond donors (Lipinski definition) is 2. The molecule has 2 rings (SSSR count). The lowest BCUT2D eigenvalue weighted by Crippen LogP contribution is -2.35. The maximum Gasteiger partial charge on any atom is 0.322 e. The van der Waals surface area contributed by atoms with Gasteiger partial charge in [0, 0.05) is 6.07 Å². The molecule has 2 aromatic rings. The monoisotopic (exact) mass is 321 g/mol. The van der Waals surface area contributed by atoms with Crippen molar-refractivity contribution in [3.8, 4) is 11.5 Å². The molecule has 0 aliphatic heterocycles. The van der Waals surface area contributed by atoms with Gasteiger partial charge in [-0.3, -0.25) is 19.0 Å². The number of nitrogens with zero attached hydrogens (tertiary/aromatic N) is 2. The van der Waals surface area contributed by atoms with Gasteiger partial charge in [-0.05, 0) is 6.07 Å². The van der Waals surface area contributed by atoms with Crippen molar-refractivity contribution in [3.05, 3.63) is 28.8 Å². The van der Waals surface area contributed by atoms with Crippen LogP contribution in [-0.2, 0) is 16.1 Å². The van der Waals surface area contributed by atoms with Crippen molar-refractivity contribution in [2.75, 3.05) is 20.8 Å². The predicted molar refractivity (Wildman–Crippen MR) is 79.8 cm³/mol. The molecule has 2 N–H and O–H groups in total. The fourth-order valence-corrected chi connectivity index (χ4v) is 1.98. The molecule has 9 heteroatoms. The van der Waals surface area contributed by atoms with E-state index in [1.54, 1.807) is 6.07 Å². The van der Waals surface area contributed by atoms with Crippen LogP contribution < -0.4 is 20.3 Å². The number of amides is 1. The molecule has 0 unspecified atom stereocenters. The highest BCUT2D eigenvalue weighted by Crippen LogP contribution is 2.29.